The number of nitrogens with two attached hydrogens (primary N) is 1. The Morgan fingerprint density at radius 2 is 1.93 bits per heavy atom. The Balaban J connectivity index is 3.15. The molecule has 2 N–H and O–H groups in total. The summed E-state index contributed by atoms with van der Waals surface area (Å²) in [6, 6.07) is 4.07. The molecule has 0 saturated carbocycles. The second kappa shape index (κ2) is 5.08. The van der Waals surface area contributed by atoms with Gasteiger partial charge in [-0.2, -0.15) is 0 Å². The third kappa shape index (κ3) is 2.66. The van der Waals surface area contributed by atoms with E-state index in [0.29, 0.717) is 12.5 Å². The molecule has 0 heterocycles. The first-order valence-electron chi connectivity index (χ1n) is 5.36. The highest BCUT2D eigenvalue weighted by Gasteiger charge is 2.11. The Bertz CT molecular complexity index is 358. The summed E-state index contributed by atoms with van der Waals surface area (Å²) >= 11 is 0. The van der Waals surface area contributed by atoms with E-state index in [1.807, 2.05) is 13.0 Å². The van der Waals surface area contributed by atoms with Gasteiger partial charge in [0, 0.05) is 5.56 Å². The van der Waals surface area contributed by atoms with Crippen molar-refractivity contribution in [2.45, 2.75) is 33.1 Å². The summed E-state index contributed by atoms with van der Waals surface area (Å²) in [7, 11) is 0. The number of aryl methyl sites for hydroxylation is 2. The van der Waals surface area contributed by atoms with E-state index in [1.165, 1.54) is 11.1 Å². The van der Waals surface area contributed by atoms with E-state index in [9.17, 15) is 4.79 Å². The SMILES string of the molecule is Cc1cc(C=O)c(C(C)CCN)cc1C. The number of hydrogen-bond acceptors (Lipinski definition) is 2. The number of benzene rings is 1. The maximum absolute atomic E-state index is 11.0. The molecular weight excluding hydrogens is 186 g/mol. The van der Waals surface area contributed by atoms with Gasteiger partial charge in [-0.25, -0.2) is 0 Å². The Hall–Kier alpha value is -1.15. The van der Waals surface area contributed by atoms with Crippen LogP contribution in [-0.2, 0) is 0 Å². The molecule has 2 nitrogen and oxygen atoms in total. The molecule has 0 radical (unpaired) electrons. The lowest BCUT2D eigenvalue weighted by Crippen LogP contribution is -2.07. The van der Waals surface area contributed by atoms with Gasteiger partial charge in [-0.15, -0.1) is 0 Å². The first-order valence-corrected chi connectivity index (χ1v) is 5.36. The van der Waals surface area contributed by atoms with Crippen LogP contribution in [-0.4, -0.2) is 12.8 Å². The average molecular weight is 205 g/mol. The highest BCUT2D eigenvalue weighted by molar-refractivity contribution is 5.78. The minimum absolute atomic E-state index is 0.356. The van der Waals surface area contributed by atoms with Crippen LogP contribution in [0.4, 0.5) is 0 Å². The third-order valence-corrected chi connectivity index (χ3v) is 2.96. The summed E-state index contributed by atoms with van der Waals surface area (Å²) in [6.07, 6.45) is 1.86. The molecule has 0 saturated heterocycles. The second-order valence-electron chi connectivity index (χ2n) is 4.16. The van der Waals surface area contributed by atoms with Crippen molar-refractivity contribution < 1.29 is 4.79 Å². The highest BCUT2D eigenvalue weighted by Crippen LogP contribution is 2.24. The Labute approximate surface area is 91.5 Å². The summed E-state index contributed by atoms with van der Waals surface area (Å²) in [4.78, 5) is 11.0. The zero-order valence-corrected chi connectivity index (χ0v) is 9.71. The molecule has 0 aliphatic carbocycles. The van der Waals surface area contributed by atoms with Crippen LogP contribution in [0, 0.1) is 13.8 Å². The minimum Gasteiger partial charge on any atom is -0.330 e. The van der Waals surface area contributed by atoms with Crippen molar-refractivity contribution in [3.05, 3.63) is 34.4 Å². The van der Waals surface area contributed by atoms with Crippen LogP contribution in [0.1, 0.15) is 46.3 Å². The van der Waals surface area contributed by atoms with E-state index in [1.54, 1.807) is 0 Å². The fourth-order valence-corrected chi connectivity index (χ4v) is 1.80. The zero-order chi connectivity index (χ0) is 11.4. The molecule has 0 fully saturated rings. The van der Waals surface area contributed by atoms with Crippen molar-refractivity contribution in [3.8, 4) is 0 Å². The number of carbonyl (C=O) groups is 1. The maximum atomic E-state index is 11.0. The highest BCUT2D eigenvalue weighted by atomic mass is 16.1. The molecule has 2 heteroatoms. The van der Waals surface area contributed by atoms with Crippen molar-refractivity contribution in [3.63, 3.8) is 0 Å². The first-order chi connectivity index (χ1) is 7.10. The molecule has 82 valence electrons. The van der Waals surface area contributed by atoms with Crippen LogP contribution in [0.2, 0.25) is 0 Å². The van der Waals surface area contributed by atoms with Crippen LogP contribution >= 0.6 is 0 Å². The quantitative estimate of drug-likeness (QED) is 0.768. The zero-order valence-electron chi connectivity index (χ0n) is 9.71. The molecule has 1 aromatic carbocycles. The van der Waals surface area contributed by atoms with Gasteiger partial charge >= 0.3 is 0 Å². The van der Waals surface area contributed by atoms with Gasteiger partial charge in [0.2, 0.25) is 0 Å². The van der Waals surface area contributed by atoms with E-state index in [2.05, 4.69) is 19.9 Å². The van der Waals surface area contributed by atoms with E-state index < -0.39 is 0 Å². The molecule has 0 amide bonds. The Morgan fingerprint density at radius 1 is 1.33 bits per heavy atom. The third-order valence-electron chi connectivity index (χ3n) is 2.96. The van der Waals surface area contributed by atoms with Gasteiger partial charge in [0.05, 0.1) is 0 Å². The molecule has 1 atom stereocenters. The van der Waals surface area contributed by atoms with Gasteiger partial charge in [-0.05, 0) is 55.5 Å². The number of aldehydes is 1. The molecule has 1 aromatic rings. The molecule has 0 aliphatic rings. The van der Waals surface area contributed by atoms with Gasteiger partial charge in [0.25, 0.3) is 0 Å². The first kappa shape index (κ1) is 11.9. The van der Waals surface area contributed by atoms with Gasteiger partial charge < -0.3 is 5.73 Å². The molecule has 0 aromatic heterocycles. The maximum Gasteiger partial charge on any atom is 0.150 e. The summed E-state index contributed by atoms with van der Waals surface area (Å²) in [5.74, 6) is 0.356. The largest absolute Gasteiger partial charge is 0.330 e. The fourth-order valence-electron chi connectivity index (χ4n) is 1.80. The van der Waals surface area contributed by atoms with E-state index >= 15 is 0 Å². The fraction of sp³-hybridized carbons (Fsp3) is 0.462. The Kier molecular flexibility index (Phi) is 4.04. The molecular formula is C13H19NO. The van der Waals surface area contributed by atoms with Gasteiger partial charge in [0.15, 0.2) is 0 Å². The topological polar surface area (TPSA) is 43.1 Å². The van der Waals surface area contributed by atoms with Gasteiger partial charge in [-0.1, -0.05) is 13.0 Å². The lowest BCUT2D eigenvalue weighted by atomic mass is 9.90. The number of rotatable bonds is 4. The molecule has 15 heavy (non-hydrogen) atoms. The summed E-state index contributed by atoms with van der Waals surface area (Å²) in [5.41, 5.74) is 9.87. The standard InChI is InChI=1S/C13H19NO/c1-9(4-5-14)13-7-11(3)10(2)6-12(13)8-15/h6-9H,4-5,14H2,1-3H3. The molecule has 0 spiro atoms. The van der Waals surface area contributed by atoms with E-state index in [0.717, 1.165) is 23.8 Å². The lowest BCUT2D eigenvalue weighted by Gasteiger charge is -2.15. The van der Waals surface area contributed by atoms with Gasteiger partial charge in [-0.3, -0.25) is 4.79 Å². The normalized spacial score (nSPS) is 12.5. The van der Waals surface area contributed by atoms with E-state index in [-0.39, 0.29) is 0 Å². The van der Waals surface area contributed by atoms with Crippen molar-refractivity contribution in [2.75, 3.05) is 6.54 Å². The predicted molar refractivity (Wildman–Crippen MR) is 63.4 cm³/mol. The minimum atomic E-state index is 0.356. The van der Waals surface area contributed by atoms with Crippen LogP contribution < -0.4 is 5.73 Å². The number of carbonyl (C=O) groups excluding carboxylic acids is 1. The smallest absolute Gasteiger partial charge is 0.150 e. The Morgan fingerprint density at radius 3 is 2.47 bits per heavy atom. The van der Waals surface area contributed by atoms with E-state index in [4.69, 9.17) is 5.73 Å². The summed E-state index contributed by atoms with van der Waals surface area (Å²) in [5, 5.41) is 0. The molecule has 1 rings (SSSR count). The lowest BCUT2D eigenvalue weighted by molar-refractivity contribution is 0.112. The second-order valence-corrected chi connectivity index (χ2v) is 4.16. The van der Waals surface area contributed by atoms with Crippen molar-refractivity contribution in [2.24, 2.45) is 5.73 Å². The predicted octanol–water partition coefficient (Wildman–Crippen LogP) is 2.57. The van der Waals surface area contributed by atoms with Crippen LogP contribution in [0.25, 0.3) is 0 Å². The number of hydrogen-bond donors (Lipinski definition) is 1. The van der Waals surface area contributed by atoms with Crippen LogP contribution in [0.5, 0.6) is 0 Å². The van der Waals surface area contributed by atoms with Crippen LogP contribution in [0.15, 0.2) is 12.1 Å². The monoisotopic (exact) mass is 205 g/mol. The van der Waals surface area contributed by atoms with Crippen LogP contribution in [0.3, 0.4) is 0 Å². The van der Waals surface area contributed by atoms with Gasteiger partial charge in [0.1, 0.15) is 6.29 Å². The average Bonchev–Trinajstić information content (AvgIpc) is 2.21. The molecule has 1 unspecified atom stereocenters. The van der Waals surface area contributed by atoms with Crippen molar-refractivity contribution >= 4 is 6.29 Å². The summed E-state index contributed by atoms with van der Waals surface area (Å²) < 4.78 is 0. The summed E-state index contributed by atoms with van der Waals surface area (Å²) in [6.45, 7) is 6.87. The molecule has 0 bridgehead atoms. The molecule has 0 aliphatic heterocycles. The van der Waals surface area contributed by atoms with Crippen molar-refractivity contribution in [1.82, 2.24) is 0 Å². The van der Waals surface area contributed by atoms with Crippen molar-refractivity contribution in [1.29, 1.82) is 0 Å².